The molecular weight excluding hydrogens is 531 g/mol. The number of unbranched alkanes of at least 4 members (excludes halogenated alkanes) is 1. The third-order valence-corrected chi connectivity index (χ3v) is 7.22. The van der Waals surface area contributed by atoms with E-state index in [0.717, 1.165) is 51.8 Å². The summed E-state index contributed by atoms with van der Waals surface area (Å²) in [6.45, 7) is 11.0. The fourth-order valence-electron chi connectivity index (χ4n) is 4.45. The molecule has 0 atom stereocenters. The van der Waals surface area contributed by atoms with Crippen LogP contribution in [0.2, 0.25) is 0 Å². The van der Waals surface area contributed by atoms with Crippen LogP contribution in [0.15, 0.2) is 52.8 Å². The van der Waals surface area contributed by atoms with E-state index < -0.39 is 0 Å². The van der Waals surface area contributed by atoms with Gasteiger partial charge in [-0.3, -0.25) is 9.89 Å². The molecule has 1 aromatic heterocycles. The molecule has 4 rings (SSSR count). The lowest BCUT2D eigenvalue weighted by atomic mass is 10.2. The standard InChI is InChI=1S/C24H36N6S.HI/c1-25-24(30-19-17-29(18-20-30)23-10-7-21-31-23)26-11-5-6-12-27-13-15-28(16-14-27)22-8-3-2-4-9-22;/h2-4,7-10,21H,5-6,11-20H2,1H3,(H,25,26);1H. The minimum absolute atomic E-state index is 0. The highest BCUT2D eigenvalue weighted by atomic mass is 127. The molecule has 1 N–H and O–H groups in total. The summed E-state index contributed by atoms with van der Waals surface area (Å²) in [7, 11) is 1.90. The Morgan fingerprint density at radius 3 is 2.25 bits per heavy atom. The predicted molar refractivity (Wildman–Crippen MR) is 149 cm³/mol. The summed E-state index contributed by atoms with van der Waals surface area (Å²) in [5.41, 5.74) is 1.36. The van der Waals surface area contributed by atoms with Crippen molar-refractivity contribution in [3.05, 3.63) is 47.8 Å². The summed E-state index contributed by atoms with van der Waals surface area (Å²) in [5, 5.41) is 7.13. The van der Waals surface area contributed by atoms with Crippen LogP contribution in [0, 0.1) is 0 Å². The van der Waals surface area contributed by atoms with Crippen LogP contribution in [0.5, 0.6) is 0 Å². The van der Waals surface area contributed by atoms with Gasteiger partial charge in [-0.25, -0.2) is 0 Å². The molecule has 8 heteroatoms. The van der Waals surface area contributed by atoms with Crippen molar-refractivity contribution >= 4 is 52.0 Å². The Kier molecular flexibility index (Phi) is 10.4. The van der Waals surface area contributed by atoms with E-state index in [2.05, 4.69) is 77.8 Å². The zero-order chi connectivity index (χ0) is 21.3. The average molecular weight is 569 g/mol. The number of rotatable bonds is 7. The highest BCUT2D eigenvalue weighted by molar-refractivity contribution is 14.0. The van der Waals surface area contributed by atoms with Gasteiger partial charge in [0, 0.05) is 71.6 Å². The second-order valence-corrected chi connectivity index (χ2v) is 9.20. The minimum Gasteiger partial charge on any atom is -0.369 e. The number of piperazine rings is 2. The monoisotopic (exact) mass is 568 g/mol. The van der Waals surface area contributed by atoms with E-state index in [1.807, 2.05) is 18.4 Å². The summed E-state index contributed by atoms with van der Waals surface area (Å²) in [6.07, 6.45) is 2.43. The van der Waals surface area contributed by atoms with Gasteiger partial charge >= 0.3 is 0 Å². The van der Waals surface area contributed by atoms with E-state index in [4.69, 9.17) is 0 Å². The molecule has 0 unspecified atom stereocenters. The third kappa shape index (κ3) is 6.99. The third-order valence-electron chi connectivity index (χ3n) is 6.29. The minimum atomic E-state index is 0. The van der Waals surface area contributed by atoms with Crippen LogP contribution in [0.1, 0.15) is 12.8 Å². The van der Waals surface area contributed by atoms with Crippen molar-refractivity contribution in [2.24, 2.45) is 4.99 Å². The molecule has 2 aliphatic heterocycles. The summed E-state index contributed by atoms with van der Waals surface area (Å²) in [5.74, 6) is 1.06. The summed E-state index contributed by atoms with van der Waals surface area (Å²) >= 11 is 1.83. The maximum Gasteiger partial charge on any atom is 0.193 e. The lowest BCUT2D eigenvalue weighted by Crippen LogP contribution is -2.52. The van der Waals surface area contributed by atoms with Crippen LogP contribution in [0.25, 0.3) is 0 Å². The zero-order valence-electron chi connectivity index (χ0n) is 19.2. The Bertz CT molecular complexity index is 784. The molecule has 0 saturated carbocycles. The van der Waals surface area contributed by atoms with Crippen molar-refractivity contribution in [3.8, 4) is 0 Å². The predicted octanol–water partition coefficient (Wildman–Crippen LogP) is 3.67. The fourth-order valence-corrected chi connectivity index (χ4v) is 5.24. The molecular formula is C24H37IN6S. The highest BCUT2D eigenvalue weighted by Gasteiger charge is 2.20. The number of halogens is 1. The number of hydrogen-bond acceptors (Lipinski definition) is 5. The van der Waals surface area contributed by atoms with E-state index in [9.17, 15) is 0 Å². The molecule has 32 heavy (non-hydrogen) atoms. The molecule has 176 valence electrons. The van der Waals surface area contributed by atoms with Crippen LogP contribution < -0.4 is 15.1 Å². The van der Waals surface area contributed by atoms with Gasteiger partial charge in [-0.15, -0.1) is 35.3 Å². The van der Waals surface area contributed by atoms with Crippen LogP contribution in [-0.2, 0) is 0 Å². The van der Waals surface area contributed by atoms with Crippen molar-refractivity contribution < 1.29 is 0 Å². The van der Waals surface area contributed by atoms with Crippen LogP contribution in [0.4, 0.5) is 10.7 Å². The van der Waals surface area contributed by atoms with Crippen molar-refractivity contribution in [2.45, 2.75) is 12.8 Å². The van der Waals surface area contributed by atoms with Gasteiger partial charge in [0.1, 0.15) is 0 Å². The maximum absolute atomic E-state index is 4.52. The molecule has 0 radical (unpaired) electrons. The van der Waals surface area contributed by atoms with Crippen LogP contribution >= 0.6 is 35.3 Å². The van der Waals surface area contributed by atoms with Crippen molar-refractivity contribution in [1.82, 2.24) is 15.1 Å². The summed E-state index contributed by atoms with van der Waals surface area (Å²) < 4.78 is 0. The van der Waals surface area contributed by atoms with Crippen molar-refractivity contribution in [2.75, 3.05) is 82.3 Å². The Morgan fingerprint density at radius 1 is 0.875 bits per heavy atom. The Hall–Kier alpha value is -1.52. The molecule has 0 aliphatic carbocycles. The molecule has 2 aliphatic rings. The van der Waals surface area contributed by atoms with Gasteiger partial charge in [-0.05, 0) is 49.0 Å². The SMILES string of the molecule is CN=C(NCCCCN1CCN(c2ccccc2)CC1)N1CCN(c2cccs2)CC1.I. The van der Waals surface area contributed by atoms with Crippen molar-refractivity contribution in [3.63, 3.8) is 0 Å². The normalized spacial score (nSPS) is 17.9. The number of benzene rings is 1. The first kappa shape index (κ1) is 25.1. The van der Waals surface area contributed by atoms with E-state index in [0.29, 0.717) is 0 Å². The topological polar surface area (TPSA) is 37.4 Å². The number of aliphatic imine (C=N–C) groups is 1. The summed E-state index contributed by atoms with van der Waals surface area (Å²) in [6, 6.07) is 15.1. The molecule has 0 spiro atoms. The average Bonchev–Trinajstić information content (AvgIpc) is 3.38. The molecule has 2 saturated heterocycles. The van der Waals surface area contributed by atoms with Gasteiger partial charge in [0.2, 0.25) is 0 Å². The molecule has 2 aromatic rings. The lowest BCUT2D eigenvalue weighted by Gasteiger charge is -2.37. The van der Waals surface area contributed by atoms with Crippen LogP contribution in [0.3, 0.4) is 0 Å². The van der Waals surface area contributed by atoms with E-state index in [-0.39, 0.29) is 24.0 Å². The smallest absolute Gasteiger partial charge is 0.193 e. The molecule has 3 heterocycles. The number of thiophene rings is 1. The number of nitrogens with zero attached hydrogens (tertiary/aromatic N) is 5. The molecule has 6 nitrogen and oxygen atoms in total. The quantitative estimate of drug-likeness (QED) is 0.239. The largest absolute Gasteiger partial charge is 0.369 e. The number of anilines is 2. The lowest BCUT2D eigenvalue weighted by molar-refractivity contribution is 0.253. The zero-order valence-corrected chi connectivity index (χ0v) is 22.3. The maximum atomic E-state index is 4.52. The van der Waals surface area contributed by atoms with Crippen molar-refractivity contribution in [1.29, 1.82) is 0 Å². The van der Waals surface area contributed by atoms with E-state index >= 15 is 0 Å². The summed E-state index contributed by atoms with van der Waals surface area (Å²) in [4.78, 5) is 14.5. The first-order chi connectivity index (χ1) is 15.3. The fraction of sp³-hybridized carbons (Fsp3) is 0.542. The highest BCUT2D eigenvalue weighted by Crippen LogP contribution is 2.22. The number of guanidine groups is 1. The Balaban J connectivity index is 0.00000289. The second kappa shape index (κ2) is 13.3. The molecule has 1 aromatic carbocycles. The second-order valence-electron chi connectivity index (χ2n) is 8.27. The van der Waals surface area contributed by atoms with Gasteiger partial charge in [0.05, 0.1) is 5.00 Å². The van der Waals surface area contributed by atoms with Gasteiger partial charge in [-0.2, -0.15) is 0 Å². The first-order valence-electron chi connectivity index (χ1n) is 11.6. The van der Waals surface area contributed by atoms with Gasteiger partial charge in [0.15, 0.2) is 5.96 Å². The van der Waals surface area contributed by atoms with E-state index in [1.54, 1.807) is 0 Å². The van der Waals surface area contributed by atoms with Gasteiger partial charge < -0.3 is 20.0 Å². The number of para-hydroxylation sites is 1. The first-order valence-corrected chi connectivity index (χ1v) is 12.5. The molecule has 0 amide bonds. The Labute approximate surface area is 214 Å². The van der Waals surface area contributed by atoms with Crippen LogP contribution in [-0.4, -0.2) is 88.3 Å². The van der Waals surface area contributed by atoms with Gasteiger partial charge in [0.25, 0.3) is 0 Å². The number of nitrogens with one attached hydrogen (secondary N) is 1. The van der Waals surface area contributed by atoms with E-state index in [1.165, 1.54) is 43.2 Å². The molecule has 0 bridgehead atoms. The number of hydrogen-bond donors (Lipinski definition) is 1. The Morgan fingerprint density at radius 2 is 1.59 bits per heavy atom. The van der Waals surface area contributed by atoms with Gasteiger partial charge in [-0.1, -0.05) is 18.2 Å². The molecule has 2 fully saturated rings.